The first kappa shape index (κ1) is 11.0. The van der Waals surface area contributed by atoms with Gasteiger partial charge >= 0.3 is 0 Å². The fourth-order valence-electron chi connectivity index (χ4n) is 2.14. The third-order valence-electron chi connectivity index (χ3n) is 3.06. The summed E-state index contributed by atoms with van der Waals surface area (Å²) in [5, 5.41) is 11.0. The molecule has 1 aliphatic rings. The highest BCUT2D eigenvalue weighted by atomic mass is 16.3. The second-order valence-corrected chi connectivity index (χ2v) is 4.38. The largest absolute Gasteiger partial charge is 0.456 e. The molecule has 0 saturated heterocycles. The molecule has 1 amide bonds. The number of hydrogen-bond donors (Lipinski definition) is 1. The lowest BCUT2D eigenvalue weighted by molar-refractivity contribution is 0.0920. The molecular weight excluding hydrogens is 232 g/mol. The highest BCUT2D eigenvalue weighted by molar-refractivity contribution is 5.91. The van der Waals surface area contributed by atoms with E-state index in [2.05, 4.69) is 20.1 Å². The van der Waals surface area contributed by atoms with Gasteiger partial charge in [0.1, 0.15) is 11.6 Å². The first-order valence-electron chi connectivity index (χ1n) is 5.99. The molecule has 3 rings (SSSR count). The van der Waals surface area contributed by atoms with E-state index in [-0.39, 0.29) is 5.91 Å². The normalized spacial score (nSPS) is 13.6. The minimum atomic E-state index is -0.224. The number of amides is 1. The van der Waals surface area contributed by atoms with Gasteiger partial charge in [0, 0.05) is 13.0 Å². The van der Waals surface area contributed by atoms with Crippen molar-refractivity contribution in [3.8, 4) is 0 Å². The second-order valence-electron chi connectivity index (χ2n) is 4.38. The number of carbonyl (C=O) groups excluding carboxylic acids is 1. The zero-order chi connectivity index (χ0) is 12.5. The number of aromatic nitrogens is 3. The van der Waals surface area contributed by atoms with Crippen LogP contribution in [-0.4, -0.2) is 20.7 Å². The third-order valence-corrected chi connectivity index (χ3v) is 3.06. The standard InChI is InChI=1S/C12H14N4O2/c1-8-4-5-9(18-8)12(17)13-7-11-15-14-10-3-2-6-16(10)11/h4-5H,2-3,6-7H2,1H3,(H,13,17). The van der Waals surface area contributed by atoms with Crippen LogP contribution in [0.4, 0.5) is 0 Å². The van der Waals surface area contributed by atoms with Gasteiger partial charge in [-0.1, -0.05) is 0 Å². The maximum absolute atomic E-state index is 11.8. The van der Waals surface area contributed by atoms with Gasteiger partial charge in [0.05, 0.1) is 6.54 Å². The fraction of sp³-hybridized carbons (Fsp3) is 0.417. The molecule has 6 heteroatoms. The number of nitrogens with one attached hydrogen (secondary N) is 1. The molecule has 2 aromatic rings. The summed E-state index contributed by atoms with van der Waals surface area (Å²) in [4.78, 5) is 11.8. The van der Waals surface area contributed by atoms with E-state index < -0.39 is 0 Å². The minimum absolute atomic E-state index is 0.224. The Labute approximate surface area is 104 Å². The predicted molar refractivity (Wildman–Crippen MR) is 63.0 cm³/mol. The average Bonchev–Trinajstić information content (AvgIpc) is 3.02. The zero-order valence-electron chi connectivity index (χ0n) is 10.1. The Kier molecular flexibility index (Phi) is 2.62. The second kappa shape index (κ2) is 4.29. The van der Waals surface area contributed by atoms with Crippen LogP contribution in [0.25, 0.3) is 0 Å². The van der Waals surface area contributed by atoms with Gasteiger partial charge in [-0.05, 0) is 25.5 Å². The molecule has 0 spiro atoms. The number of furan rings is 1. The number of carbonyl (C=O) groups is 1. The minimum Gasteiger partial charge on any atom is -0.456 e. The number of fused-ring (bicyclic) bond motifs is 1. The summed E-state index contributed by atoms with van der Waals surface area (Å²) in [7, 11) is 0. The molecule has 0 atom stereocenters. The van der Waals surface area contributed by atoms with E-state index in [1.807, 2.05) is 6.92 Å². The molecule has 1 N–H and O–H groups in total. The van der Waals surface area contributed by atoms with Gasteiger partial charge in [0.15, 0.2) is 11.6 Å². The summed E-state index contributed by atoms with van der Waals surface area (Å²) in [6.45, 7) is 3.13. The summed E-state index contributed by atoms with van der Waals surface area (Å²) in [6, 6.07) is 3.43. The van der Waals surface area contributed by atoms with Crippen LogP contribution in [0.1, 0.15) is 34.4 Å². The molecule has 0 aliphatic carbocycles. The lowest BCUT2D eigenvalue weighted by Crippen LogP contribution is -2.24. The van der Waals surface area contributed by atoms with Crippen LogP contribution in [0.15, 0.2) is 16.5 Å². The van der Waals surface area contributed by atoms with Gasteiger partial charge in [-0.3, -0.25) is 4.79 Å². The van der Waals surface area contributed by atoms with Crippen molar-refractivity contribution in [2.45, 2.75) is 32.9 Å². The zero-order valence-corrected chi connectivity index (χ0v) is 10.1. The number of nitrogens with zero attached hydrogens (tertiary/aromatic N) is 3. The molecule has 0 bridgehead atoms. The smallest absolute Gasteiger partial charge is 0.287 e. The third kappa shape index (κ3) is 1.90. The van der Waals surface area contributed by atoms with Crippen LogP contribution in [0.3, 0.4) is 0 Å². The SMILES string of the molecule is Cc1ccc(C(=O)NCc2nnc3n2CCC3)o1. The highest BCUT2D eigenvalue weighted by Crippen LogP contribution is 2.14. The number of hydrogen-bond acceptors (Lipinski definition) is 4. The van der Waals surface area contributed by atoms with E-state index in [0.717, 1.165) is 36.8 Å². The highest BCUT2D eigenvalue weighted by Gasteiger charge is 2.18. The van der Waals surface area contributed by atoms with E-state index in [1.54, 1.807) is 12.1 Å². The van der Waals surface area contributed by atoms with Crippen molar-refractivity contribution < 1.29 is 9.21 Å². The Morgan fingerprint density at radius 3 is 3.17 bits per heavy atom. The monoisotopic (exact) mass is 246 g/mol. The lowest BCUT2D eigenvalue weighted by atomic mass is 10.4. The Hall–Kier alpha value is -2.11. The van der Waals surface area contributed by atoms with Crippen molar-refractivity contribution in [3.05, 3.63) is 35.3 Å². The quantitative estimate of drug-likeness (QED) is 0.878. The van der Waals surface area contributed by atoms with Crippen molar-refractivity contribution in [2.24, 2.45) is 0 Å². The molecule has 18 heavy (non-hydrogen) atoms. The van der Waals surface area contributed by atoms with Crippen molar-refractivity contribution >= 4 is 5.91 Å². The maximum Gasteiger partial charge on any atom is 0.287 e. The first-order chi connectivity index (χ1) is 8.74. The molecule has 0 fully saturated rings. The molecule has 3 heterocycles. The summed E-state index contributed by atoms with van der Waals surface area (Å²) >= 11 is 0. The Balaban J connectivity index is 1.66. The molecule has 2 aromatic heterocycles. The van der Waals surface area contributed by atoms with Crippen molar-refractivity contribution in [2.75, 3.05) is 0 Å². The number of rotatable bonds is 3. The molecule has 0 aromatic carbocycles. The number of aryl methyl sites for hydroxylation is 2. The van der Waals surface area contributed by atoms with E-state index in [9.17, 15) is 4.79 Å². The van der Waals surface area contributed by atoms with Crippen LogP contribution < -0.4 is 5.32 Å². The Morgan fingerprint density at radius 1 is 1.50 bits per heavy atom. The summed E-state index contributed by atoms with van der Waals surface area (Å²) in [5.41, 5.74) is 0. The van der Waals surface area contributed by atoms with Gasteiger partial charge in [-0.25, -0.2) is 0 Å². The molecule has 0 unspecified atom stereocenters. The summed E-state index contributed by atoms with van der Waals surface area (Å²) in [6.07, 6.45) is 2.07. The average molecular weight is 246 g/mol. The topological polar surface area (TPSA) is 73.0 Å². The van der Waals surface area contributed by atoms with Gasteiger partial charge in [-0.15, -0.1) is 10.2 Å². The molecular formula is C12H14N4O2. The van der Waals surface area contributed by atoms with Crippen LogP contribution in [-0.2, 0) is 19.5 Å². The first-order valence-corrected chi connectivity index (χ1v) is 5.99. The summed E-state index contributed by atoms with van der Waals surface area (Å²) < 4.78 is 7.32. The lowest BCUT2D eigenvalue weighted by Gasteiger charge is -2.04. The van der Waals surface area contributed by atoms with Gasteiger partial charge < -0.3 is 14.3 Å². The van der Waals surface area contributed by atoms with Crippen molar-refractivity contribution in [1.29, 1.82) is 0 Å². The molecule has 94 valence electrons. The van der Waals surface area contributed by atoms with Crippen molar-refractivity contribution in [1.82, 2.24) is 20.1 Å². The van der Waals surface area contributed by atoms with Crippen LogP contribution >= 0.6 is 0 Å². The van der Waals surface area contributed by atoms with Gasteiger partial charge in [-0.2, -0.15) is 0 Å². The summed E-state index contributed by atoms with van der Waals surface area (Å²) in [5.74, 6) is 2.64. The Morgan fingerprint density at radius 2 is 2.39 bits per heavy atom. The van der Waals surface area contributed by atoms with Crippen LogP contribution in [0.2, 0.25) is 0 Å². The van der Waals surface area contributed by atoms with Crippen LogP contribution in [0, 0.1) is 6.92 Å². The van der Waals surface area contributed by atoms with Gasteiger partial charge in [0.2, 0.25) is 0 Å². The van der Waals surface area contributed by atoms with E-state index >= 15 is 0 Å². The van der Waals surface area contributed by atoms with Crippen molar-refractivity contribution in [3.63, 3.8) is 0 Å². The molecule has 0 radical (unpaired) electrons. The molecule has 6 nitrogen and oxygen atoms in total. The predicted octanol–water partition coefficient (Wildman–Crippen LogP) is 1.06. The maximum atomic E-state index is 11.8. The van der Waals surface area contributed by atoms with E-state index in [4.69, 9.17) is 4.42 Å². The molecule has 0 saturated carbocycles. The Bertz CT molecular complexity index is 585. The molecule has 1 aliphatic heterocycles. The van der Waals surface area contributed by atoms with E-state index in [0.29, 0.717) is 12.3 Å². The van der Waals surface area contributed by atoms with Gasteiger partial charge in [0.25, 0.3) is 5.91 Å². The fourth-order valence-corrected chi connectivity index (χ4v) is 2.14. The van der Waals surface area contributed by atoms with E-state index in [1.165, 1.54) is 0 Å². The van der Waals surface area contributed by atoms with Crippen LogP contribution in [0.5, 0.6) is 0 Å².